The Morgan fingerprint density at radius 2 is 1.50 bits per heavy atom. The number of benzene rings is 4. The van der Waals surface area contributed by atoms with E-state index >= 15 is 0 Å². The molecule has 310 valence electrons. The molecule has 0 unspecified atom stereocenters. The number of hydrogen-bond acceptors (Lipinski definition) is 8. The average Bonchev–Trinajstić information content (AvgIpc) is 3.16. The standard InChI is InChI=1S/C34H32Cl2F3N3O3.C6H8O7/c1-40(33(43)29-20-26(42(44)45)18-24-6-2-3-7-27(24)29)21-25(23-10-11-31(35)32(36)19-23)14-17-41-15-12-22(13-16-41)28-8-4-5-9-30(28)34(37,38)39;7-3(8)1-6(13,5(11)12)2-4(9)10/h2-11,18-20,22,25H,12-17,21H2,1H3;13H,1-2H2,(H,7,8)(H,9,10)(H,11,12)/t25-;/m1./s1. The lowest BCUT2D eigenvalue weighted by atomic mass is 9.86. The number of carboxylic acid groups (broad SMARTS) is 3. The number of carbonyl (C=O) groups excluding carboxylic acids is 1. The summed E-state index contributed by atoms with van der Waals surface area (Å²) < 4.78 is 40.9. The van der Waals surface area contributed by atoms with E-state index in [1.54, 1.807) is 60.5 Å². The molecule has 4 aromatic carbocycles. The first-order valence-electron chi connectivity index (χ1n) is 17.9. The SMILES string of the molecule is CN(C[C@@H](CCN1CCC(c2ccccc2C(F)(F)F)CC1)c1ccc(Cl)c(Cl)c1)C(=O)c1cc([N+](=O)[O-])cc2ccccc12.O=C(O)CC(O)(CC(=O)O)C(=O)O. The Labute approximate surface area is 340 Å². The number of alkyl halides is 3. The van der Waals surface area contributed by atoms with E-state index in [-0.39, 0.29) is 29.0 Å². The van der Waals surface area contributed by atoms with Crippen LogP contribution in [0.2, 0.25) is 10.0 Å². The summed E-state index contributed by atoms with van der Waals surface area (Å²) in [5.41, 5.74) is -1.97. The van der Waals surface area contributed by atoms with Crippen molar-refractivity contribution in [3.05, 3.63) is 121 Å². The molecule has 0 radical (unpaired) electrons. The van der Waals surface area contributed by atoms with Gasteiger partial charge < -0.3 is 30.2 Å². The number of nitro benzene ring substituents is 1. The van der Waals surface area contributed by atoms with E-state index in [4.69, 9.17) is 43.6 Å². The first kappa shape index (κ1) is 45.4. The van der Waals surface area contributed by atoms with E-state index in [1.165, 1.54) is 18.2 Å². The number of aliphatic carboxylic acids is 3. The minimum absolute atomic E-state index is 0.151. The molecule has 1 fully saturated rings. The summed E-state index contributed by atoms with van der Waals surface area (Å²) in [6.45, 7) is 2.28. The number of rotatable bonds is 14. The number of aliphatic hydroxyl groups is 1. The Morgan fingerprint density at radius 3 is 2.07 bits per heavy atom. The molecule has 13 nitrogen and oxygen atoms in total. The van der Waals surface area contributed by atoms with Gasteiger partial charge in [0.25, 0.3) is 11.6 Å². The fourth-order valence-corrected chi connectivity index (χ4v) is 7.26. The van der Waals surface area contributed by atoms with Crippen LogP contribution in [-0.2, 0) is 20.6 Å². The van der Waals surface area contributed by atoms with Crippen molar-refractivity contribution < 1.29 is 57.7 Å². The van der Waals surface area contributed by atoms with Crippen LogP contribution in [0.5, 0.6) is 0 Å². The Bertz CT molecular complexity index is 2150. The number of halogens is 5. The Morgan fingerprint density at radius 1 is 0.897 bits per heavy atom. The number of likely N-dealkylation sites (tertiary alicyclic amines) is 1. The fraction of sp³-hybridized carbons (Fsp3) is 0.350. The third-order valence-corrected chi connectivity index (χ3v) is 10.7. The van der Waals surface area contributed by atoms with Gasteiger partial charge in [-0.05, 0) is 84.9 Å². The Balaban J connectivity index is 0.000000492. The second-order valence-electron chi connectivity index (χ2n) is 14.0. The second kappa shape index (κ2) is 19.4. The second-order valence-corrected chi connectivity index (χ2v) is 14.8. The number of carbonyl (C=O) groups is 4. The maximum absolute atomic E-state index is 13.8. The average molecular weight is 851 g/mol. The molecule has 1 amide bonds. The van der Waals surface area contributed by atoms with Crippen LogP contribution in [0.15, 0.2) is 78.9 Å². The van der Waals surface area contributed by atoms with Gasteiger partial charge in [-0.3, -0.25) is 24.5 Å². The summed E-state index contributed by atoms with van der Waals surface area (Å²) in [5.74, 6) is -5.68. The summed E-state index contributed by atoms with van der Waals surface area (Å²) >= 11 is 12.6. The predicted octanol–water partition coefficient (Wildman–Crippen LogP) is 7.95. The molecule has 0 aliphatic carbocycles. The molecule has 1 aliphatic rings. The van der Waals surface area contributed by atoms with Crippen LogP contribution in [0.25, 0.3) is 10.8 Å². The molecule has 0 spiro atoms. The monoisotopic (exact) mass is 849 g/mol. The highest BCUT2D eigenvalue weighted by molar-refractivity contribution is 6.42. The first-order chi connectivity index (χ1) is 27.2. The van der Waals surface area contributed by atoms with Crippen molar-refractivity contribution in [2.45, 2.75) is 55.7 Å². The maximum atomic E-state index is 13.8. The molecule has 0 saturated carbocycles. The Kier molecular flexibility index (Phi) is 15.2. The molecule has 1 aliphatic heterocycles. The van der Waals surface area contributed by atoms with Gasteiger partial charge in [0.15, 0.2) is 5.60 Å². The smallest absolute Gasteiger partial charge is 0.416 e. The third-order valence-electron chi connectivity index (χ3n) is 9.92. The molecular weight excluding hydrogens is 810 g/mol. The number of nitro groups is 1. The maximum Gasteiger partial charge on any atom is 0.416 e. The van der Waals surface area contributed by atoms with Gasteiger partial charge in [-0.15, -0.1) is 0 Å². The van der Waals surface area contributed by atoms with Gasteiger partial charge in [0.2, 0.25) is 0 Å². The quantitative estimate of drug-likeness (QED) is 0.0709. The van der Waals surface area contributed by atoms with E-state index < -0.39 is 53.0 Å². The molecule has 18 heteroatoms. The van der Waals surface area contributed by atoms with Gasteiger partial charge in [-0.25, -0.2) is 4.79 Å². The summed E-state index contributed by atoms with van der Waals surface area (Å²) in [7, 11) is 1.67. The van der Waals surface area contributed by atoms with Crippen LogP contribution in [0.4, 0.5) is 18.9 Å². The molecule has 1 saturated heterocycles. The number of nitrogens with zero attached hydrogens (tertiary/aromatic N) is 3. The first-order valence-corrected chi connectivity index (χ1v) is 18.6. The molecule has 4 N–H and O–H groups in total. The highest BCUT2D eigenvalue weighted by Gasteiger charge is 2.41. The van der Waals surface area contributed by atoms with Crippen LogP contribution < -0.4 is 0 Å². The van der Waals surface area contributed by atoms with Gasteiger partial charge in [0.05, 0.1) is 38.9 Å². The van der Waals surface area contributed by atoms with Gasteiger partial charge in [0, 0.05) is 31.6 Å². The van der Waals surface area contributed by atoms with Gasteiger partial charge in [-0.2, -0.15) is 13.2 Å². The molecule has 0 aromatic heterocycles. The zero-order valence-corrected chi connectivity index (χ0v) is 32.5. The van der Waals surface area contributed by atoms with Crippen molar-refractivity contribution in [3.63, 3.8) is 0 Å². The van der Waals surface area contributed by atoms with E-state index in [1.807, 2.05) is 6.07 Å². The molecule has 5 rings (SSSR count). The lowest BCUT2D eigenvalue weighted by Gasteiger charge is -2.34. The van der Waals surface area contributed by atoms with Crippen molar-refractivity contribution in [1.82, 2.24) is 9.80 Å². The van der Waals surface area contributed by atoms with Crippen molar-refractivity contribution in [1.29, 1.82) is 0 Å². The van der Waals surface area contributed by atoms with Gasteiger partial charge in [-0.1, -0.05) is 71.7 Å². The van der Waals surface area contributed by atoms with Crippen LogP contribution in [-0.4, -0.2) is 97.8 Å². The minimum Gasteiger partial charge on any atom is -0.481 e. The summed E-state index contributed by atoms with van der Waals surface area (Å²) in [6, 6.07) is 21.0. The summed E-state index contributed by atoms with van der Waals surface area (Å²) in [5, 5.41) is 47.5. The Hall–Kier alpha value is -5.29. The number of amides is 1. The largest absolute Gasteiger partial charge is 0.481 e. The number of carboxylic acids is 3. The van der Waals surface area contributed by atoms with E-state index in [2.05, 4.69) is 4.90 Å². The highest BCUT2D eigenvalue weighted by atomic mass is 35.5. The molecule has 58 heavy (non-hydrogen) atoms. The zero-order chi connectivity index (χ0) is 42.9. The van der Waals surface area contributed by atoms with Crippen molar-refractivity contribution in [2.75, 3.05) is 33.2 Å². The minimum atomic E-state index is -4.39. The predicted molar refractivity (Wildman–Crippen MR) is 208 cm³/mol. The van der Waals surface area contributed by atoms with Gasteiger partial charge in [0.1, 0.15) is 0 Å². The molecule has 4 aromatic rings. The normalized spacial score (nSPS) is 14.3. The van der Waals surface area contributed by atoms with Crippen LogP contribution >= 0.6 is 23.2 Å². The van der Waals surface area contributed by atoms with Crippen molar-refractivity contribution in [3.8, 4) is 0 Å². The topological polar surface area (TPSA) is 199 Å². The molecule has 1 heterocycles. The van der Waals surface area contributed by atoms with Crippen LogP contribution in [0.3, 0.4) is 0 Å². The number of likely N-dealkylation sites (N-methyl/N-ethyl adjacent to an activating group) is 1. The van der Waals surface area contributed by atoms with Crippen LogP contribution in [0, 0.1) is 10.1 Å². The van der Waals surface area contributed by atoms with E-state index in [0.29, 0.717) is 71.8 Å². The number of piperidine rings is 1. The third kappa shape index (κ3) is 11.9. The lowest BCUT2D eigenvalue weighted by molar-refractivity contribution is -0.384. The number of non-ortho nitro benzene ring substituents is 1. The molecule has 1 atom stereocenters. The van der Waals surface area contributed by atoms with Gasteiger partial charge >= 0.3 is 24.1 Å². The molecule has 0 bridgehead atoms. The fourth-order valence-electron chi connectivity index (χ4n) is 6.96. The van der Waals surface area contributed by atoms with Crippen LogP contribution in [0.1, 0.15) is 71.0 Å². The van der Waals surface area contributed by atoms with E-state index in [0.717, 1.165) is 11.6 Å². The van der Waals surface area contributed by atoms with E-state index in [9.17, 15) is 42.5 Å². The summed E-state index contributed by atoms with van der Waals surface area (Å²) in [4.78, 5) is 59.2. The lowest BCUT2D eigenvalue weighted by Crippen LogP contribution is -2.42. The molecular formula is C40H40Cl2F3N3O10. The highest BCUT2D eigenvalue weighted by Crippen LogP contribution is 2.39. The van der Waals surface area contributed by atoms with Crippen molar-refractivity contribution >= 4 is 63.5 Å². The van der Waals surface area contributed by atoms with Crippen molar-refractivity contribution in [2.24, 2.45) is 0 Å². The summed E-state index contributed by atoms with van der Waals surface area (Å²) in [6.07, 6.45) is -4.80. The number of fused-ring (bicyclic) bond motifs is 1. The number of hydrogen-bond donors (Lipinski definition) is 4. The zero-order valence-electron chi connectivity index (χ0n) is 31.0.